The summed E-state index contributed by atoms with van der Waals surface area (Å²) >= 11 is 5.93. The SMILES string of the molecule is CC(C)COCCC(CCl)C1CCS(=O)(=O)C1. The highest BCUT2D eigenvalue weighted by Crippen LogP contribution is 2.29. The predicted octanol–water partition coefficient (Wildman–Crippen LogP) is 2.34. The first-order chi connectivity index (χ1) is 7.94. The molecule has 5 heteroatoms. The summed E-state index contributed by atoms with van der Waals surface area (Å²) in [6, 6.07) is 0. The molecule has 3 nitrogen and oxygen atoms in total. The van der Waals surface area contributed by atoms with Crippen LogP contribution in [0.1, 0.15) is 26.7 Å². The second-order valence-electron chi connectivity index (χ2n) is 5.33. The standard InChI is InChI=1S/C12H23ClO3S/c1-10(2)8-16-5-3-11(7-13)12-4-6-17(14,15)9-12/h10-12H,3-9H2,1-2H3. The van der Waals surface area contributed by atoms with Crippen molar-refractivity contribution in [2.45, 2.75) is 26.7 Å². The zero-order chi connectivity index (χ0) is 12.9. The smallest absolute Gasteiger partial charge is 0.150 e. The topological polar surface area (TPSA) is 43.4 Å². The average Bonchev–Trinajstić information content (AvgIpc) is 2.58. The molecule has 1 aliphatic heterocycles. The molecule has 0 aromatic rings. The van der Waals surface area contributed by atoms with E-state index in [4.69, 9.17) is 16.3 Å². The maximum absolute atomic E-state index is 11.4. The van der Waals surface area contributed by atoms with Gasteiger partial charge in [-0.1, -0.05) is 13.8 Å². The molecule has 0 aromatic carbocycles. The Labute approximate surface area is 110 Å². The fourth-order valence-corrected chi connectivity index (χ4v) is 4.51. The maximum Gasteiger partial charge on any atom is 0.150 e. The van der Waals surface area contributed by atoms with Crippen molar-refractivity contribution in [1.29, 1.82) is 0 Å². The van der Waals surface area contributed by atoms with Gasteiger partial charge in [0.25, 0.3) is 0 Å². The number of ether oxygens (including phenoxy) is 1. The van der Waals surface area contributed by atoms with Crippen molar-refractivity contribution in [3.63, 3.8) is 0 Å². The molecule has 0 saturated carbocycles. The third-order valence-electron chi connectivity index (χ3n) is 3.22. The first kappa shape index (κ1) is 15.3. The fourth-order valence-electron chi connectivity index (χ4n) is 2.19. The second kappa shape index (κ2) is 6.95. The summed E-state index contributed by atoms with van der Waals surface area (Å²) in [6.07, 6.45) is 1.64. The molecule has 1 aliphatic rings. The van der Waals surface area contributed by atoms with Gasteiger partial charge in [-0.2, -0.15) is 0 Å². The molecule has 0 aliphatic carbocycles. The van der Waals surface area contributed by atoms with Crippen LogP contribution in [0.5, 0.6) is 0 Å². The van der Waals surface area contributed by atoms with Crippen molar-refractivity contribution >= 4 is 21.4 Å². The Balaban J connectivity index is 2.29. The highest BCUT2D eigenvalue weighted by Gasteiger charge is 2.32. The summed E-state index contributed by atoms with van der Waals surface area (Å²) < 4.78 is 28.3. The Morgan fingerprint density at radius 3 is 2.59 bits per heavy atom. The third kappa shape index (κ3) is 5.58. The highest BCUT2D eigenvalue weighted by atomic mass is 35.5. The van der Waals surface area contributed by atoms with E-state index < -0.39 is 9.84 Å². The molecule has 1 rings (SSSR count). The molecule has 0 aromatic heterocycles. The van der Waals surface area contributed by atoms with Crippen LogP contribution >= 0.6 is 11.6 Å². The van der Waals surface area contributed by atoms with Crippen LogP contribution in [0.15, 0.2) is 0 Å². The van der Waals surface area contributed by atoms with Crippen LogP contribution in [0, 0.1) is 17.8 Å². The third-order valence-corrected chi connectivity index (χ3v) is 5.41. The monoisotopic (exact) mass is 282 g/mol. The van der Waals surface area contributed by atoms with E-state index in [0.717, 1.165) is 19.4 Å². The molecule has 17 heavy (non-hydrogen) atoms. The van der Waals surface area contributed by atoms with Gasteiger partial charge in [-0.05, 0) is 30.6 Å². The summed E-state index contributed by atoms with van der Waals surface area (Å²) in [4.78, 5) is 0. The van der Waals surface area contributed by atoms with Gasteiger partial charge in [-0.25, -0.2) is 8.42 Å². The average molecular weight is 283 g/mol. The minimum Gasteiger partial charge on any atom is -0.381 e. The van der Waals surface area contributed by atoms with E-state index in [1.165, 1.54) is 0 Å². The molecule has 1 heterocycles. The lowest BCUT2D eigenvalue weighted by atomic mass is 9.91. The van der Waals surface area contributed by atoms with Gasteiger partial charge in [0.2, 0.25) is 0 Å². The van der Waals surface area contributed by atoms with E-state index in [9.17, 15) is 8.42 Å². The summed E-state index contributed by atoms with van der Waals surface area (Å²) in [5, 5.41) is 0. The lowest BCUT2D eigenvalue weighted by Crippen LogP contribution is -2.20. The quantitative estimate of drug-likeness (QED) is 0.532. The zero-order valence-corrected chi connectivity index (χ0v) is 12.3. The number of halogens is 1. The molecule has 0 radical (unpaired) electrons. The molecular weight excluding hydrogens is 260 g/mol. The Bertz CT molecular complexity index is 314. The van der Waals surface area contributed by atoms with Gasteiger partial charge in [-0.15, -0.1) is 11.6 Å². The van der Waals surface area contributed by atoms with Crippen LogP contribution in [0.2, 0.25) is 0 Å². The minimum absolute atomic E-state index is 0.236. The van der Waals surface area contributed by atoms with Gasteiger partial charge < -0.3 is 4.74 Å². The number of sulfone groups is 1. The number of hydrogen-bond acceptors (Lipinski definition) is 3. The van der Waals surface area contributed by atoms with E-state index in [-0.39, 0.29) is 11.8 Å². The molecule has 0 spiro atoms. The van der Waals surface area contributed by atoms with Crippen LogP contribution in [0.3, 0.4) is 0 Å². The first-order valence-electron chi connectivity index (χ1n) is 6.28. The molecule has 0 bridgehead atoms. The molecule has 2 atom stereocenters. The summed E-state index contributed by atoms with van der Waals surface area (Å²) in [5.41, 5.74) is 0. The number of hydrogen-bond donors (Lipinski definition) is 0. The summed E-state index contributed by atoms with van der Waals surface area (Å²) in [5.74, 6) is 2.23. The van der Waals surface area contributed by atoms with Crippen molar-refractivity contribution in [3.8, 4) is 0 Å². The van der Waals surface area contributed by atoms with Crippen molar-refractivity contribution < 1.29 is 13.2 Å². The van der Waals surface area contributed by atoms with E-state index in [0.29, 0.717) is 29.9 Å². The Kier molecular flexibility index (Phi) is 6.24. The number of rotatable bonds is 7. The van der Waals surface area contributed by atoms with Crippen LogP contribution in [-0.4, -0.2) is 39.0 Å². The van der Waals surface area contributed by atoms with E-state index in [2.05, 4.69) is 13.8 Å². The summed E-state index contributed by atoms with van der Waals surface area (Å²) in [6.45, 7) is 5.68. The molecule has 1 saturated heterocycles. The molecule has 102 valence electrons. The van der Waals surface area contributed by atoms with Crippen molar-refractivity contribution in [2.24, 2.45) is 17.8 Å². The maximum atomic E-state index is 11.4. The van der Waals surface area contributed by atoms with Gasteiger partial charge >= 0.3 is 0 Å². The molecule has 1 fully saturated rings. The van der Waals surface area contributed by atoms with Crippen molar-refractivity contribution in [2.75, 3.05) is 30.6 Å². The normalized spacial score (nSPS) is 25.3. The predicted molar refractivity (Wildman–Crippen MR) is 71.2 cm³/mol. The Morgan fingerprint density at radius 2 is 2.12 bits per heavy atom. The van der Waals surface area contributed by atoms with Crippen LogP contribution in [0.4, 0.5) is 0 Å². The molecule has 0 amide bonds. The molecule has 0 N–H and O–H groups in total. The largest absolute Gasteiger partial charge is 0.381 e. The van der Waals surface area contributed by atoms with Crippen LogP contribution < -0.4 is 0 Å². The molecule has 2 unspecified atom stereocenters. The zero-order valence-electron chi connectivity index (χ0n) is 10.7. The lowest BCUT2D eigenvalue weighted by molar-refractivity contribution is 0.0944. The van der Waals surface area contributed by atoms with E-state index in [1.54, 1.807) is 0 Å². The van der Waals surface area contributed by atoms with Crippen LogP contribution in [-0.2, 0) is 14.6 Å². The second-order valence-corrected chi connectivity index (χ2v) is 7.87. The minimum atomic E-state index is -2.79. The lowest BCUT2D eigenvalue weighted by Gasteiger charge is -2.20. The van der Waals surface area contributed by atoms with Crippen molar-refractivity contribution in [3.05, 3.63) is 0 Å². The van der Waals surface area contributed by atoms with Gasteiger partial charge in [0.05, 0.1) is 11.5 Å². The van der Waals surface area contributed by atoms with E-state index in [1.807, 2.05) is 0 Å². The first-order valence-corrected chi connectivity index (χ1v) is 8.64. The number of alkyl halides is 1. The fraction of sp³-hybridized carbons (Fsp3) is 1.00. The summed E-state index contributed by atoms with van der Waals surface area (Å²) in [7, 11) is -2.79. The Hall–Kier alpha value is 0.200. The highest BCUT2D eigenvalue weighted by molar-refractivity contribution is 7.91. The van der Waals surface area contributed by atoms with Gasteiger partial charge in [0.1, 0.15) is 0 Å². The van der Waals surface area contributed by atoms with Crippen molar-refractivity contribution in [1.82, 2.24) is 0 Å². The molecular formula is C12H23ClO3S. The van der Waals surface area contributed by atoms with Gasteiger partial charge in [-0.3, -0.25) is 0 Å². The van der Waals surface area contributed by atoms with E-state index >= 15 is 0 Å². The van der Waals surface area contributed by atoms with Gasteiger partial charge in [0, 0.05) is 19.1 Å². The Morgan fingerprint density at radius 1 is 1.41 bits per heavy atom. The van der Waals surface area contributed by atoms with Gasteiger partial charge in [0.15, 0.2) is 9.84 Å². The van der Waals surface area contributed by atoms with Crippen LogP contribution in [0.25, 0.3) is 0 Å².